The first-order valence-electron chi connectivity index (χ1n) is 11.8. The number of methoxy groups -OCH3 is 1. The predicted molar refractivity (Wildman–Crippen MR) is 140 cm³/mol. The minimum atomic E-state index is -4.40. The zero-order valence-electron chi connectivity index (χ0n) is 21.1. The molecule has 0 spiro atoms. The Balaban J connectivity index is 1.66. The van der Waals surface area contributed by atoms with Gasteiger partial charge in [-0.2, -0.15) is 4.31 Å². The number of hydrogen-bond acceptors (Lipinski definition) is 8. The van der Waals surface area contributed by atoms with Crippen LogP contribution in [0.25, 0.3) is 0 Å². The van der Waals surface area contributed by atoms with Crippen molar-refractivity contribution in [2.24, 2.45) is 5.14 Å². The van der Waals surface area contributed by atoms with E-state index in [4.69, 9.17) is 5.14 Å². The summed E-state index contributed by atoms with van der Waals surface area (Å²) in [5.41, 5.74) is 0.873. The fourth-order valence-corrected chi connectivity index (χ4v) is 6.34. The molecule has 1 atom stereocenters. The number of anilines is 1. The summed E-state index contributed by atoms with van der Waals surface area (Å²) < 4.78 is 69.5. The Labute approximate surface area is 230 Å². The second-order valence-electron chi connectivity index (χ2n) is 8.83. The highest BCUT2D eigenvalue weighted by molar-refractivity contribution is 7.89. The van der Waals surface area contributed by atoms with Crippen LogP contribution < -0.4 is 10.0 Å². The van der Waals surface area contributed by atoms with Crippen molar-refractivity contribution in [3.8, 4) is 0 Å². The average molecular weight is 590 g/mol. The maximum absolute atomic E-state index is 13.7. The largest absolute Gasteiger partial charge is 0.465 e. The quantitative estimate of drug-likeness (QED) is 0.292. The SMILES string of the molecule is COC(=O)c1ccc(N2C(=O)CC(N(CCc3ccc(S(N)(=O)=O)cc3)S(=O)(=O)c3ccc(F)cc3)C2=O)cc1. The second-order valence-corrected chi connectivity index (χ2v) is 12.3. The zero-order valence-corrected chi connectivity index (χ0v) is 22.7. The van der Waals surface area contributed by atoms with E-state index in [9.17, 15) is 35.6 Å². The van der Waals surface area contributed by atoms with Crippen LogP contribution in [-0.2, 0) is 40.8 Å². The van der Waals surface area contributed by atoms with Crippen LogP contribution in [0.1, 0.15) is 22.3 Å². The van der Waals surface area contributed by atoms with Crippen LogP contribution in [0.3, 0.4) is 0 Å². The smallest absolute Gasteiger partial charge is 0.337 e. The lowest BCUT2D eigenvalue weighted by molar-refractivity contribution is -0.122. The van der Waals surface area contributed by atoms with Crippen LogP contribution in [0, 0.1) is 5.82 Å². The van der Waals surface area contributed by atoms with Gasteiger partial charge in [-0.1, -0.05) is 12.1 Å². The Hall–Kier alpha value is -3.98. The highest BCUT2D eigenvalue weighted by atomic mass is 32.2. The summed E-state index contributed by atoms with van der Waals surface area (Å²) in [7, 11) is -7.12. The summed E-state index contributed by atoms with van der Waals surface area (Å²) in [4.78, 5) is 38.6. The molecule has 1 saturated heterocycles. The van der Waals surface area contributed by atoms with Gasteiger partial charge in [-0.05, 0) is 72.6 Å². The van der Waals surface area contributed by atoms with Crippen molar-refractivity contribution < 1.29 is 40.3 Å². The summed E-state index contributed by atoms with van der Waals surface area (Å²) in [5, 5.41) is 5.12. The highest BCUT2D eigenvalue weighted by Crippen LogP contribution is 2.30. The Morgan fingerprint density at radius 2 is 1.52 bits per heavy atom. The van der Waals surface area contributed by atoms with Crippen LogP contribution in [0.4, 0.5) is 10.1 Å². The number of rotatable bonds is 9. The summed E-state index contributed by atoms with van der Waals surface area (Å²) in [5.74, 6) is -2.73. The third-order valence-electron chi connectivity index (χ3n) is 6.31. The van der Waals surface area contributed by atoms with E-state index in [1.165, 1.54) is 55.6 Å². The Morgan fingerprint density at radius 3 is 2.08 bits per heavy atom. The van der Waals surface area contributed by atoms with Gasteiger partial charge in [0.05, 0.1) is 34.6 Å². The van der Waals surface area contributed by atoms with E-state index < -0.39 is 56.1 Å². The molecule has 40 heavy (non-hydrogen) atoms. The minimum absolute atomic E-state index is 0.0527. The molecule has 1 fully saturated rings. The van der Waals surface area contributed by atoms with E-state index in [1.807, 2.05) is 0 Å². The molecule has 11 nitrogen and oxygen atoms in total. The molecule has 0 aromatic heterocycles. The van der Waals surface area contributed by atoms with E-state index in [1.54, 1.807) is 0 Å². The number of benzene rings is 3. The number of primary sulfonamides is 1. The van der Waals surface area contributed by atoms with Crippen molar-refractivity contribution in [1.29, 1.82) is 0 Å². The zero-order chi connectivity index (χ0) is 29.2. The highest BCUT2D eigenvalue weighted by Gasteiger charge is 2.46. The molecule has 4 rings (SSSR count). The number of nitrogens with two attached hydrogens (primary N) is 1. The molecule has 1 aliphatic heterocycles. The van der Waals surface area contributed by atoms with Gasteiger partial charge in [0.2, 0.25) is 26.0 Å². The van der Waals surface area contributed by atoms with Gasteiger partial charge >= 0.3 is 5.97 Å². The fraction of sp³-hybridized carbons (Fsp3) is 0.192. The molecule has 0 radical (unpaired) electrons. The van der Waals surface area contributed by atoms with E-state index in [0.717, 1.165) is 33.5 Å². The number of ether oxygens (including phenoxy) is 1. The van der Waals surface area contributed by atoms with Gasteiger partial charge in [0.15, 0.2) is 0 Å². The summed E-state index contributed by atoms with van der Waals surface area (Å²) in [6, 6.07) is 13.6. The topological polar surface area (TPSA) is 161 Å². The lowest BCUT2D eigenvalue weighted by Crippen LogP contribution is -2.46. The Bertz CT molecular complexity index is 1660. The number of esters is 1. The molecule has 2 N–H and O–H groups in total. The third kappa shape index (κ3) is 5.94. The average Bonchev–Trinajstić information content (AvgIpc) is 3.21. The normalized spacial score (nSPS) is 16.0. The van der Waals surface area contributed by atoms with E-state index in [0.29, 0.717) is 5.56 Å². The second kappa shape index (κ2) is 11.3. The molecule has 1 unspecified atom stereocenters. The molecule has 1 aliphatic rings. The number of carbonyl (C=O) groups excluding carboxylic acids is 3. The van der Waals surface area contributed by atoms with Gasteiger partial charge in [0.1, 0.15) is 11.9 Å². The standard InChI is InChI=1S/C26H24FN3O8S2/c1-38-26(33)18-4-8-20(9-5-18)30-24(31)16-23(25(30)32)29(40(36,37)22-12-6-19(27)7-13-22)15-14-17-2-10-21(11-3-17)39(28,34)35/h2-13,23H,14-16H2,1H3,(H2,28,34,35). The van der Waals surface area contributed by atoms with E-state index in [2.05, 4.69) is 4.74 Å². The first-order valence-corrected chi connectivity index (χ1v) is 14.8. The number of nitrogens with zero attached hydrogens (tertiary/aromatic N) is 2. The third-order valence-corrected chi connectivity index (χ3v) is 9.16. The van der Waals surface area contributed by atoms with Gasteiger partial charge in [0, 0.05) is 6.54 Å². The molecule has 3 aromatic carbocycles. The van der Waals surface area contributed by atoms with Crippen LogP contribution in [0.2, 0.25) is 0 Å². The number of sulfonamides is 2. The fourth-order valence-electron chi connectivity index (χ4n) is 4.25. The maximum atomic E-state index is 13.7. The molecule has 2 amide bonds. The Morgan fingerprint density at radius 1 is 0.950 bits per heavy atom. The molecule has 0 bridgehead atoms. The minimum Gasteiger partial charge on any atom is -0.465 e. The molecule has 14 heteroatoms. The van der Waals surface area contributed by atoms with Gasteiger partial charge in [-0.25, -0.2) is 36.1 Å². The van der Waals surface area contributed by atoms with Crippen molar-refractivity contribution >= 4 is 43.5 Å². The lowest BCUT2D eigenvalue weighted by Gasteiger charge is -2.27. The van der Waals surface area contributed by atoms with Crippen LogP contribution >= 0.6 is 0 Å². The van der Waals surface area contributed by atoms with Gasteiger partial charge < -0.3 is 4.74 Å². The molecular formula is C26H24FN3O8S2. The molecular weight excluding hydrogens is 565 g/mol. The molecule has 1 heterocycles. The predicted octanol–water partition coefficient (Wildman–Crippen LogP) is 1.83. The van der Waals surface area contributed by atoms with Crippen LogP contribution in [0.15, 0.2) is 82.6 Å². The number of hydrogen-bond donors (Lipinski definition) is 1. The van der Waals surface area contributed by atoms with Crippen molar-refractivity contribution in [3.05, 3.63) is 89.7 Å². The maximum Gasteiger partial charge on any atom is 0.337 e. The van der Waals surface area contributed by atoms with Gasteiger partial charge in [0.25, 0.3) is 5.91 Å². The number of carbonyl (C=O) groups is 3. The van der Waals surface area contributed by atoms with E-state index >= 15 is 0 Å². The first kappa shape index (κ1) is 29.0. The molecule has 0 aliphatic carbocycles. The van der Waals surface area contributed by atoms with Crippen LogP contribution in [0.5, 0.6) is 0 Å². The number of imide groups is 1. The first-order chi connectivity index (χ1) is 18.8. The molecule has 0 saturated carbocycles. The van der Waals surface area contributed by atoms with Crippen LogP contribution in [-0.4, -0.2) is 58.6 Å². The van der Waals surface area contributed by atoms with Crippen molar-refractivity contribution in [1.82, 2.24) is 4.31 Å². The molecule has 3 aromatic rings. The van der Waals surface area contributed by atoms with Crippen molar-refractivity contribution in [3.63, 3.8) is 0 Å². The Kier molecular flexibility index (Phi) is 8.16. The number of halogens is 1. The summed E-state index contributed by atoms with van der Waals surface area (Å²) >= 11 is 0. The van der Waals surface area contributed by atoms with Gasteiger partial charge in [-0.3, -0.25) is 9.59 Å². The summed E-state index contributed by atoms with van der Waals surface area (Å²) in [6.07, 6.45) is -0.403. The van der Waals surface area contributed by atoms with Crippen molar-refractivity contribution in [2.75, 3.05) is 18.6 Å². The number of amides is 2. The summed E-state index contributed by atoms with van der Waals surface area (Å²) in [6.45, 7) is -0.257. The van der Waals surface area contributed by atoms with Gasteiger partial charge in [-0.15, -0.1) is 0 Å². The monoisotopic (exact) mass is 589 g/mol. The van der Waals surface area contributed by atoms with E-state index in [-0.39, 0.29) is 34.0 Å². The molecule has 210 valence electrons. The van der Waals surface area contributed by atoms with Crippen molar-refractivity contribution in [2.45, 2.75) is 28.7 Å². The lowest BCUT2D eigenvalue weighted by atomic mass is 10.1.